The molecule has 0 aliphatic carbocycles. The number of para-hydroxylation sites is 1. The number of H-pyrrole nitrogens is 1. The Labute approximate surface area is 223 Å². The first-order chi connectivity index (χ1) is 18.5. The first-order valence-electron chi connectivity index (χ1n) is 13.9. The van der Waals surface area contributed by atoms with Crippen molar-refractivity contribution < 1.29 is 29.1 Å². The van der Waals surface area contributed by atoms with Crippen LogP contribution in [0.1, 0.15) is 73.8 Å². The summed E-state index contributed by atoms with van der Waals surface area (Å²) in [6.45, 7) is 7.07. The lowest BCUT2D eigenvalue weighted by Crippen LogP contribution is -2.82. The van der Waals surface area contributed by atoms with E-state index >= 15 is 0 Å². The van der Waals surface area contributed by atoms with Gasteiger partial charge in [0, 0.05) is 12.1 Å². The van der Waals surface area contributed by atoms with Crippen LogP contribution in [-0.2, 0) is 10.2 Å². The van der Waals surface area contributed by atoms with Gasteiger partial charge in [-0.1, -0.05) is 56.3 Å². The highest BCUT2D eigenvalue weighted by molar-refractivity contribution is 5.82. The summed E-state index contributed by atoms with van der Waals surface area (Å²) in [5.74, 6) is 3.62. The number of aromatic amines is 1. The molecule has 3 N–H and O–H groups in total. The molecule has 3 aliphatic heterocycles. The molecular weight excluding hydrogens is 480 g/mol. The molecule has 0 saturated carbocycles. The molecule has 2 aromatic carbocycles. The van der Waals surface area contributed by atoms with E-state index in [0.29, 0.717) is 25.0 Å². The summed E-state index contributed by atoms with van der Waals surface area (Å²) in [5, 5.41) is 6.60. The highest BCUT2D eigenvalue weighted by Crippen LogP contribution is 2.49. The van der Waals surface area contributed by atoms with Gasteiger partial charge in [0.05, 0.1) is 38.1 Å². The fourth-order valence-corrected chi connectivity index (χ4v) is 6.84. The Morgan fingerprint density at radius 1 is 1.21 bits per heavy atom. The number of fused-ring (bicyclic) bond motifs is 2. The predicted octanol–water partition coefficient (Wildman–Crippen LogP) is 2.98. The Bertz CT molecular complexity index is 1290. The van der Waals surface area contributed by atoms with E-state index in [2.05, 4.69) is 70.6 Å². The van der Waals surface area contributed by atoms with E-state index in [-0.39, 0.29) is 29.2 Å². The van der Waals surface area contributed by atoms with Crippen molar-refractivity contribution in [2.24, 2.45) is 5.92 Å². The van der Waals surface area contributed by atoms with Crippen molar-refractivity contribution >= 4 is 5.91 Å². The molecule has 2 saturated heterocycles. The summed E-state index contributed by atoms with van der Waals surface area (Å²) in [6, 6.07) is 16.5. The molecule has 2 fully saturated rings. The fraction of sp³-hybridized carbons (Fsp3) is 0.500. The third kappa shape index (κ3) is 4.15. The summed E-state index contributed by atoms with van der Waals surface area (Å²) in [7, 11) is 1.67. The number of aromatic nitrogens is 2. The third-order valence-corrected chi connectivity index (χ3v) is 8.91. The molecule has 8 nitrogen and oxygen atoms in total. The molecule has 6 rings (SSSR count). The van der Waals surface area contributed by atoms with Crippen LogP contribution in [0.15, 0.2) is 53.1 Å². The van der Waals surface area contributed by atoms with Crippen LogP contribution in [0.4, 0.5) is 0 Å². The highest BCUT2D eigenvalue weighted by Gasteiger charge is 2.56. The fourth-order valence-electron chi connectivity index (χ4n) is 6.84. The number of quaternary nitrogens is 1. The zero-order valence-electron chi connectivity index (χ0n) is 22.5. The Morgan fingerprint density at radius 3 is 2.82 bits per heavy atom. The number of ether oxygens (including phenoxy) is 2. The molecule has 8 heteroatoms. The van der Waals surface area contributed by atoms with Crippen LogP contribution in [0.25, 0.3) is 0 Å². The summed E-state index contributed by atoms with van der Waals surface area (Å²) in [6.07, 6.45) is 2.54. The van der Waals surface area contributed by atoms with E-state index < -0.39 is 0 Å². The van der Waals surface area contributed by atoms with Crippen molar-refractivity contribution in [3.8, 4) is 11.5 Å². The Kier molecular flexibility index (Phi) is 6.60. The molecule has 3 aliphatic rings. The van der Waals surface area contributed by atoms with Crippen molar-refractivity contribution in [3.63, 3.8) is 0 Å². The molecule has 0 bridgehead atoms. The van der Waals surface area contributed by atoms with Crippen molar-refractivity contribution in [2.75, 3.05) is 33.4 Å². The Hall–Kier alpha value is -3.39. The normalized spacial score (nSPS) is 26.8. The van der Waals surface area contributed by atoms with Crippen LogP contribution in [0.5, 0.6) is 11.5 Å². The number of carbonyl (C=O) groups excluding carboxylic acids is 1. The summed E-state index contributed by atoms with van der Waals surface area (Å²) in [4.78, 5) is 20.0. The number of rotatable bonds is 5. The summed E-state index contributed by atoms with van der Waals surface area (Å²) in [5.41, 5.74) is 2.12. The molecule has 1 aromatic heterocycles. The average Bonchev–Trinajstić information content (AvgIpc) is 3.61. The van der Waals surface area contributed by atoms with E-state index in [0.717, 1.165) is 55.2 Å². The molecule has 38 heavy (non-hydrogen) atoms. The minimum absolute atomic E-state index is 0.152. The largest absolute Gasteiger partial charge is 0.493 e. The second-order valence-electron chi connectivity index (χ2n) is 11.3. The van der Waals surface area contributed by atoms with Crippen molar-refractivity contribution in [1.82, 2.24) is 10.1 Å². The average molecular weight is 519 g/mol. The SMILES string of the molecule is COc1cccc2c1OCC[C@]21C[NH2+]C[C@H]1C(=O)N1CCC(c2ccccc2)C[C@H]1c1[nH+]c(C(C)C)no1. The van der Waals surface area contributed by atoms with Crippen LogP contribution in [-0.4, -0.2) is 49.3 Å². The van der Waals surface area contributed by atoms with E-state index in [9.17, 15) is 4.79 Å². The first kappa shape index (κ1) is 24.9. The molecular formula is C30H38N4O4+2. The number of carbonyl (C=O) groups is 1. The monoisotopic (exact) mass is 518 g/mol. The standard InChI is InChI=1S/C30H36N4O4/c1-19(2)27-32-28(38-33-27)24-16-21(20-8-5-4-6-9-20)12-14-34(24)29(35)23-17-31-18-30(23)13-15-37-26-22(30)10-7-11-25(26)36-3/h4-11,19,21,23-24,31H,12-18H2,1-3H3/p+2/t21?,23-,24-,30-/m0/s1. The number of methoxy groups -OCH3 is 1. The molecule has 1 unspecified atom stereocenters. The number of amides is 1. The molecule has 4 heterocycles. The van der Waals surface area contributed by atoms with Crippen LogP contribution < -0.4 is 19.8 Å². The minimum Gasteiger partial charge on any atom is -0.493 e. The van der Waals surface area contributed by atoms with Gasteiger partial charge in [0.25, 0.3) is 0 Å². The lowest BCUT2D eigenvalue weighted by molar-refractivity contribution is -0.640. The lowest BCUT2D eigenvalue weighted by Gasteiger charge is -2.42. The maximum absolute atomic E-state index is 14.6. The molecule has 0 radical (unpaired) electrons. The van der Waals surface area contributed by atoms with Gasteiger partial charge in [0.2, 0.25) is 5.91 Å². The number of likely N-dealkylation sites (tertiary alicyclic amines) is 1. The number of nitrogens with zero attached hydrogens (tertiary/aromatic N) is 2. The third-order valence-electron chi connectivity index (χ3n) is 8.91. The Balaban J connectivity index is 1.35. The van der Waals surface area contributed by atoms with Gasteiger partial charge in [-0.3, -0.25) is 4.79 Å². The smallest absolute Gasteiger partial charge is 0.349 e. The number of nitrogens with one attached hydrogen (secondary N) is 1. The van der Waals surface area contributed by atoms with Crippen LogP contribution in [0.2, 0.25) is 0 Å². The number of benzene rings is 2. The van der Waals surface area contributed by atoms with Gasteiger partial charge >= 0.3 is 11.7 Å². The van der Waals surface area contributed by atoms with Gasteiger partial charge in [-0.15, -0.1) is 0 Å². The van der Waals surface area contributed by atoms with E-state index in [4.69, 9.17) is 14.0 Å². The van der Waals surface area contributed by atoms with Gasteiger partial charge in [0.15, 0.2) is 16.7 Å². The summed E-state index contributed by atoms with van der Waals surface area (Å²) < 4.78 is 17.6. The molecule has 4 atom stereocenters. The first-order valence-corrected chi connectivity index (χ1v) is 13.9. The van der Waals surface area contributed by atoms with Crippen molar-refractivity contribution in [1.29, 1.82) is 0 Å². The van der Waals surface area contributed by atoms with Gasteiger partial charge in [-0.05, 0) is 36.8 Å². The second-order valence-corrected chi connectivity index (χ2v) is 11.3. The van der Waals surface area contributed by atoms with Crippen molar-refractivity contribution in [3.05, 3.63) is 71.4 Å². The van der Waals surface area contributed by atoms with E-state index in [1.165, 1.54) is 5.56 Å². The number of piperidine rings is 1. The van der Waals surface area contributed by atoms with Crippen molar-refractivity contribution in [2.45, 2.75) is 56.4 Å². The highest BCUT2D eigenvalue weighted by atomic mass is 16.5. The predicted molar refractivity (Wildman–Crippen MR) is 140 cm³/mol. The van der Waals surface area contributed by atoms with Gasteiger partial charge < -0.3 is 19.7 Å². The van der Waals surface area contributed by atoms with Gasteiger partial charge in [0.1, 0.15) is 12.0 Å². The Morgan fingerprint density at radius 2 is 2.05 bits per heavy atom. The second kappa shape index (κ2) is 10.1. The van der Waals surface area contributed by atoms with Crippen LogP contribution in [0.3, 0.4) is 0 Å². The zero-order chi connectivity index (χ0) is 26.3. The van der Waals surface area contributed by atoms with E-state index in [1.54, 1.807) is 7.11 Å². The number of hydrogen-bond donors (Lipinski definition) is 1. The molecule has 3 aromatic rings. The molecule has 200 valence electrons. The van der Waals surface area contributed by atoms with Gasteiger partial charge in [-0.2, -0.15) is 0 Å². The zero-order valence-corrected chi connectivity index (χ0v) is 22.5. The topological polar surface area (TPSA) is 95.6 Å². The van der Waals surface area contributed by atoms with Crippen LogP contribution >= 0.6 is 0 Å². The van der Waals surface area contributed by atoms with E-state index in [1.807, 2.05) is 12.1 Å². The maximum atomic E-state index is 14.6. The summed E-state index contributed by atoms with van der Waals surface area (Å²) >= 11 is 0. The number of hydrogen-bond acceptors (Lipinski definition) is 5. The number of nitrogens with two attached hydrogens (primary N) is 1. The lowest BCUT2D eigenvalue weighted by atomic mass is 9.68. The quantitative estimate of drug-likeness (QED) is 0.560. The molecule has 1 amide bonds. The molecule has 1 spiro atoms. The maximum Gasteiger partial charge on any atom is 0.349 e. The van der Waals surface area contributed by atoms with Gasteiger partial charge in [-0.25, -0.2) is 9.51 Å². The minimum atomic E-state index is -0.283. The van der Waals surface area contributed by atoms with Crippen LogP contribution in [0, 0.1) is 5.92 Å².